The van der Waals surface area contributed by atoms with E-state index < -0.39 is 0 Å². The van der Waals surface area contributed by atoms with Crippen molar-refractivity contribution in [3.8, 4) is 0 Å². The van der Waals surface area contributed by atoms with Gasteiger partial charge in [0.1, 0.15) is 12.1 Å². The van der Waals surface area contributed by atoms with Gasteiger partial charge in [-0.05, 0) is 0 Å². The first-order valence-corrected chi connectivity index (χ1v) is 3.00. The second-order valence-corrected chi connectivity index (χ2v) is 1.23. The van der Waals surface area contributed by atoms with Crippen LogP contribution in [0.5, 0.6) is 0 Å². The average Bonchev–Trinajstić information content (AvgIpc) is 1.88. The van der Waals surface area contributed by atoms with Gasteiger partial charge in [0.2, 0.25) is 0 Å². The van der Waals surface area contributed by atoms with Crippen molar-refractivity contribution in [3.05, 3.63) is 0 Å². The van der Waals surface area contributed by atoms with Crippen LogP contribution in [0.3, 0.4) is 0 Å². The molecular weight excluding hydrogens is 167 g/mol. The molecule has 0 aliphatic rings. The SMILES string of the molecule is COCCl.COCCl.O. The number of hydrogen-bond acceptors (Lipinski definition) is 2. The van der Waals surface area contributed by atoms with E-state index in [1.54, 1.807) is 14.2 Å². The maximum atomic E-state index is 4.96. The molecule has 0 rings (SSSR count). The van der Waals surface area contributed by atoms with Crippen LogP contribution in [-0.2, 0) is 9.47 Å². The quantitative estimate of drug-likeness (QED) is 0.589. The van der Waals surface area contributed by atoms with Crippen LogP contribution in [-0.4, -0.2) is 31.8 Å². The summed E-state index contributed by atoms with van der Waals surface area (Å²) in [5, 5.41) is 0. The molecule has 0 saturated carbocycles. The lowest BCUT2D eigenvalue weighted by atomic mass is 11.5. The predicted octanol–water partition coefficient (Wildman–Crippen LogP) is 0.833. The Kier molecular flexibility index (Phi) is 42.7. The van der Waals surface area contributed by atoms with Crippen LogP contribution in [0.2, 0.25) is 0 Å². The molecule has 2 N–H and O–H groups in total. The van der Waals surface area contributed by atoms with Gasteiger partial charge in [-0.25, -0.2) is 0 Å². The van der Waals surface area contributed by atoms with Crippen molar-refractivity contribution in [2.24, 2.45) is 0 Å². The van der Waals surface area contributed by atoms with Gasteiger partial charge in [0, 0.05) is 14.2 Å². The van der Waals surface area contributed by atoms with Crippen LogP contribution in [0.1, 0.15) is 0 Å². The summed E-state index contributed by atoms with van der Waals surface area (Å²) in [6.45, 7) is 0. The molecule has 0 unspecified atom stereocenters. The molecule has 0 aromatic heterocycles. The molecule has 0 bridgehead atoms. The Balaban J connectivity index is -0.0000000720. The second kappa shape index (κ2) is 23.7. The molecule has 0 heterocycles. The van der Waals surface area contributed by atoms with Crippen LogP contribution in [0.15, 0.2) is 0 Å². The minimum atomic E-state index is 0. The highest BCUT2D eigenvalue weighted by Crippen LogP contribution is 1.67. The Bertz CT molecular complexity index is 21.8. The summed E-state index contributed by atoms with van der Waals surface area (Å²) >= 11 is 9.93. The zero-order valence-electron chi connectivity index (χ0n) is 5.49. The molecule has 0 aromatic rings. The zero-order chi connectivity index (χ0) is 6.83. The third-order valence-corrected chi connectivity index (χ3v) is 0.655. The van der Waals surface area contributed by atoms with E-state index in [2.05, 4.69) is 9.47 Å². The van der Waals surface area contributed by atoms with E-state index in [4.69, 9.17) is 23.2 Å². The van der Waals surface area contributed by atoms with E-state index >= 15 is 0 Å². The van der Waals surface area contributed by atoms with E-state index in [-0.39, 0.29) is 5.48 Å². The molecular formula is C4H12Cl2O3. The minimum Gasteiger partial charge on any atom is -0.412 e. The van der Waals surface area contributed by atoms with Gasteiger partial charge in [0.05, 0.1) is 0 Å². The molecule has 0 fully saturated rings. The normalized spacial score (nSPS) is 6.67. The van der Waals surface area contributed by atoms with E-state index in [9.17, 15) is 0 Å². The molecule has 60 valence electrons. The van der Waals surface area contributed by atoms with Gasteiger partial charge in [-0.3, -0.25) is 0 Å². The number of hydrogen-bond donors (Lipinski definition) is 0. The maximum absolute atomic E-state index is 4.96. The number of alkyl halides is 2. The van der Waals surface area contributed by atoms with Crippen LogP contribution in [0.4, 0.5) is 0 Å². The van der Waals surface area contributed by atoms with Gasteiger partial charge in [0.15, 0.2) is 0 Å². The van der Waals surface area contributed by atoms with Gasteiger partial charge >= 0.3 is 0 Å². The summed E-state index contributed by atoms with van der Waals surface area (Å²) in [4.78, 5) is 0. The molecule has 0 aliphatic heterocycles. The molecule has 0 aliphatic carbocycles. The summed E-state index contributed by atoms with van der Waals surface area (Å²) in [6, 6.07) is 0.583. The van der Waals surface area contributed by atoms with E-state index in [1.165, 1.54) is 0 Å². The maximum Gasteiger partial charge on any atom is 0.120 e. The van der Waals surface area contributed by atoms with E-state index in [0.717, 1.165) is 0 Å². The van der Waals surface area contributed by atoms with Gasteiger partial charge in [0.25, 0.3) is 0 Å². The summed E-state index contributed by atoms with van der Waals surface area (Å²) in [5.41, 5.74) is 0. The Morgan fingerprint density at radius 3 is 1.11 bits per heavy atom. The molecule has 0 atom stereocenters. The molecule has 5 heteroatoms. The van der Waals surface area contributed by atoms with Crippen LogP contribution < -0.4 is 0 Å². The predicted molar refractivity (Wildman–Crippen MR) is 39.1 cm³/mol. The monoisotopic (exact) mass is 178 g/mol. The zero-order valence-corrected chi connectivity index (χ0v) is 7.00. The molecule has 0 aromatic carbocycles. The third-order valence-electron chi connectivity index (χ3n) is 0.218. The van der Waals surface area contributed by atoms with Gasteiger partial charge in [-0.1, -0.05) is 23.2 Å². The Morgan fingerprint density at radius 1 is 1.00 bits per heavy atom. The third kappa shape index (κ3) is 58.3. The largest absolute Gasteiger partial charge is 0.412 e. The molecule has 3 nitrogen and oxygen atoms in total. The van der Waals surface area contributed by atoms with Gasteiger partial charge < -0.3 is 14.9 Å². The highest BCUT2D eigenvalue weighted by Gasteiger charge is 1.54. The summed E-state index contributed by atoms with van der Waals surface area (Å²) in [7, 11) is 3.10. The Morgan fingerprint density at radius 2 is 1.11 bits per heavy atom. The molecule has 9 heavy (non-hydrogen) atoms. The Hall–Kier alpha value is 0.460. The lowest BCUT2D eigenvalue weighted by molar-refractivity contribution is 0.254. The van der Waals surface area contributed by atoms with Crippen LogP contribution >= 0.6 is 23.2 Å². The summed E-state index contributed by atoms with van der Waals surface area (Å²) < 4.78 is 8.61. The lowest BCUT2D eigenvalue weighted by Gasteiger charge is -1.74. The number of rotatable bonds is 2. The number of methoxy groups -OCH3 is 2. The van der Waals surface area contributed by atoms with Crippen molar-refractivity contribution >= 4 is 23.2 Å². The van der Waals surface area contributed by atoms with Gasteiger partial charge in [-0.2, -0.15) is 0 Å². The Labute approximate surface area is 65.2 Å². The highest BCUT2D eigenvalue weighted by atomic mass is 35.5. The van der Waals surface area contributed by atoms with Crippen LogP contribution in [0, 0.1) is 0 Å². The fourth-order valence-electron chi connectivity index (χ4n) is 0. The van der Waals surface area contributed by atoms with Crippen molar-refractivity contribution in [2.75, 3.05) is 26.4 Å². The summed E-state index contributed by atoms with van der Waals surface area (Å²) in [5.74, 6) is 0. The molecule has 0 amide bonds. The smallest absolute Gasteiger partial charge is 0.120 e. The fraction of sp³-hybridized carbons (Fsp3) is 1.00. The topological polar surface area (TPSA) is 50.0 Å². The van der Waals surface area contributed by atoms with E-state index in [0.29, 0.717) is 12.1 Å². The van der Waals surface area contributed by atoms with Crippen molar-refractivity contribution < 1.29 is 14.9 Å². The fourth-order valence-corrected chi connectivity index (χ4v) is 0. The minimum absolute atomic E-state index is 0. The van der Waals surface area contributed by atoms with Crippen molar-refractivity contribution in [3.63, 3.8) is 0 Å². The number of halogens is 2. The molecule has 0 radical (unpaired) electrons. The molecule has 0 saturated heterocycles. The number of ether oxygens (including phenoxy) is 2. The first-order valence-electron chi connectivity index (χ1n) is 1.93. The summed E-state index contributed by atoms with van der Waals surface area (Å²) in [6.07, 6.45) is 0. The van der Waals surface area contributed by atoms with Crippen molar-refractivity contribution in [2.45, 2.75) is 0 Å². The standard InChI is InChI=1S/2C2H5ClO.H2O/c2*1-4-2-3;/h2*2H2,1H3;1H2. The highest BCUT2D eigenvalue weighted by molar-refractivity contribution is 6.17. The second-order valence-electron chi connectivity index (χ2n) is 0.796. The first kappa shape index (κ1) is 16.2. The first-order chi connectivity index (χ1) is 3.83. The van der Waals surface area contributed by atoms with Gasteiger partial charge in [-0.15, -0.1) is 0 Å². The van der Waals surface area contributed by atoms with Crippen molar-refractivity contribution in [1.82, 2.24) is 0 Å². The average molecular weight is 179 g/mol. The lowest BCUT2D eigenvalue weighted by Crippen LogP contribution is -1.68. The van der Waals surface area contributed by atoms with Crippen LogP contribution in [0.25, 0.3) is 0 Å². The van der Waals surface area contributed by atoms with Crippen molar-refractivity contribution in [1.29, 1.82) is 0 Å². The molecule has 0 spiro atoms. The van der Waals surface area contributed by atoms with E-state index in [1.807, 2.05) is 0 Å².